The number of aromatic nitrogens is 4. The van der Waals surface area contributed by atoms with Crippen LogP contribution in [0.2, 0.25) is 0 Å². The number of hydrogen-bond acceptors (Lipinski definition) is 5. The summed E-state index contributed by atoms with van der Waals surface area (Å²) in [6.07, 6.45) is 8.56. The Labute approximate surface area is 118 Å². The summed E-state index contributed by atoms with van der Waals surface area (Å²) in [6, 6.07) is 4.50. The van der Waals surface area contributed by atoms with E-state index >= 15 is 0 Å². The number of rotatable bonds is 3. The van der Waals surface area contributed by atoms with Crippen LogP contribution in [0.1, 0.15) is 19.3 Å². The summed E-state index contributed by atoms with van der Waals surface area (Å²) in [5, 5.41) is 7.79. The SMILES string of the molecule is CN1CCCC(Nc2cccnc2-n2cncn2)CC1. The molecule has 1 aliphatic rings. The van der Waals surface area contributed by atoms with Crippen LogP contribution >= 0.6 is 0 Å². The van der Waals surface area contributed by atoms with Gasteiger partial charge in [0.1, 0.15) is 12.7 Å². The first-order valence-corrected chi connectivity index (χ1v) is 7.08. The highest BCUT2D eigenvalue weighted by atomic mass is 15.3. The maximum absolute atomic E-state index is 4.41. The summed E-state index contributed by atoms with van der Waals surface area (Å²) >= 11 is 0. The van der Waals surface area contributed by atoms with Crippen molar-refractivity contribution in [2.24, 2.45) is 0 Å². The van der Waals surface area contributed by atoms with E-state index in [2.05, 4.69) is 38.4 Å². The molecule has 106 valence electrons. The largest absolute Gasteiger partial charge is 0.379 e. The van der Waals surface area contributed by atoms with Crippen LogP contribution in [0.3, 0.4) is 0 Å². The minimum Gasteiger partial charge on any atom is -0.379 e. The maximum Gasteiger partial charge on any atom is 0.178 e. The lowest BCUT2D eigenvalue weighted by atomic mass is 10.1. The zero-order valence-corrected chi connectivity index (χ0v) is 11.7. The summed E-state index contributed by atoms with van der Waals surface area (Å²) in [6.45, 7) is 2.32. The summed E-state index contributed by atoms with van der Waals surface area (Å²) in [5.41, 5.74) is 1.02. The first kappa shape index (κ1) is 13.1. The molecule has 20 heavy (non-hydrogen) atoms. The molecule has 3 heterocycles. The smallest absolute Gasteiger partial charge is 0.178 e. The third-order valence-corrected chi connectivity index (χ3v) is 3.73. The molecular weight excluding hydrogens is 252 g/mol. The van der Waals surface area contributed by atoms with Gasteiger partial charge in [-0.1, -0.05) is 0 Å². The first-order chi connectivity index (χ1) is 9.83. The Hall–Kier alpha value is -1.95. The van der Waals surface area contributed by atoms with Crippen molar-refractivity contribution in [3.63, 3.8) is 0 Å². The minimum atomic E-state index is 0.492. The molecule has 1 saturated heterocycles. The average molecular weight is 272 g/mol. The fourth-order valence-corrected chi connectivity index (χ4v) is 2.61. The van der Waals surface area contributed by atoms with Gasteiger partial charge < -0.3 is 10.2 Å². The third kappa shape index (κ3) is 2.96. The third-order valence-electron chi connectivity index (χ3n) is 3.73. The van der Waals surface area contributed by atoms with E-state index in [0.29, 0.717) is 6.04 Å². The van der Waals surface area contributed by atoms with Gasteiger partial charge in [0.05, 0.1) is 5.69 Å². The van der Waals surface area contributed by atoms with Crippen LogP contribution in [-0.4, -0.2) is 50.8 Å². The summed E-state index contributed by atoms with van der Waals surface area (Å²) < 4.78 is 1.70. The van der Waals surface area contributed by atoms with Gasteiger partial charge in [-0.05, 0) is 51.5 Å². The highest BCUT2D eigenvalue weighted by Gasteiger charge is 2.16. The lowest BCUT2D eigenvalue weighted by Crippen LogP contribution is -2.23. The van der Waals surface area contributed by atoms with Crippen LogP contribution in [0.5, 0.6) is 0 Å². The zero-order valence-electron chi connectivity index (χ0n) is 11.7. The lowest BCUT2D eigenvalue weighted by molar-refractivity contribution is 0.348. The predicted molar refractivity (Wildman–Crippen MR) is 77.9 cm³/mol. The standard InChI is InChI=1S/C14H20N6/c1-19-8-3-4-12(6-9-19)18-13-5-2-7-16-14(13)20-11-15-10-17-20/h2,5,7,10-12,18H,3-4,6,8-9H2,1H3. The van der Waals surface area contributed by atoms with Crippen molar-refractivity contribution < 1.29 is 0 Å². The Morgan fingerprint density at radius 3 is 3.10 bits per heavy atom. The van der Waals surface area contributed by atoms with Crippen LogP contribution in [0, 0.1) is 0 Å². The second-order valence-electron chi connectivity index (χ2n) is 5.29. The molecule has 1 atom stereocenters. The quantitative estimate of drug-likeness (QED) is 0.919. The predicted octanol–water partition coefficient (Wildman–Crippen LogP) is 1.56. The number of nitrogens with one attached hydrogen (secondary N) is 1. The Bertz CT molecular complexity index is 538. The van der Waals surface area contributed by atoms with E-state index in [1.54, 1.807) is 17.2 Å². The molecule has 6 heteroatoms. The van der Waals surface area contributed by atoms with E-state index in [1.807, 2.05) is 6.07 Å². The highest BCUT2D eigenvalue weighted by molar-refractivity contribution is 5.56. The normalized spacial score (nSPS) is 20.6. The molecule has 1 N–H and O–H groups in total. The summed E-state index contributed by atoms with van der Waals surface area (Å²) in [4.78, 5) is 10.8. The molecule has 1 fully saturated rings. The van der Waals surface area contributed by atoms with Crippen molar-refractivity contribution in [1.29, 1.82) is 0 Å². The topological polar surface area (TPSA) is 58.9 Å². The number of nitrogens with zero attached hydrogens (tertiary/aromatic N) is 5. The van der Waals surface area contributed by atoms with Crippen molar-refractivity contribution in [3.05, 3.63) is 31.0 Å². The lowest BCUT2D eigenvalue weighted by Gasteiger charge is -2.19. The van der Waals surface area contributed by atoms with Crippen molar-refractivity contribution in [2.75, 3.05) is 25.5 Å². The number of likely N-dealkylation sites (tertiary alicyclic amines) is 1. The van der Waals surface area contributed by atoms with Crippen LogP contribution in [0.4, 0.5) is 5.69 Å². The van der Waals surface area contributed by atoms with Gasteiger partial charge in [0.15, 0.2) is 5.82 Å². The molecule has 0 bridgehead atoms. The Balaban J connectivity index is 1.77. The molecule has 0 aromatic carbocycles. The summed E-state index contributed by atoms with van der Waals surface area (Å²) in [5.74, 6) is 0.808. The van der Waals surface area contributed by atoms with Crippen molar-refractivity contribution >= 4 is 5.69 Å². The van der Waals surface area contributed by atoms with Gasteiger partial charge in [0.2, 0.25) is 0 Å². The van der Waals surface area contributed by atoms with Gasteiger partial charge in [0, 0.05) is 12.2 Å². The van der Waals surface area contributed by atoms with Gasteiger partial charge in [-0.15, -0.1) is 0 Å². The van der Waals surface area contributed by atoms with Crippen molar-refractivity contribution in [2.45, 2.75) is 25.3 Å². The molecular formula is C14H20N6. The van der Waals surface area contributed by atoms with E-state index in [1.165, 1.54) is 25.7 Å². The second kappa shape index (κ2) is 6.00. The van der Waals surface area contributed by atoms with E-state index in [4.69, 9.17) is 0 Å². The second-order valence-corrected chi connectivity index (χ2v) is 5.29. The van der Waals surface area contributed by atoms with Crippen LogP contribution < -0.4 is 5.32 Å². The molecule has 1 aliphatic heterocycles. The minimum absolute atomic E-state index is 0.492. The molecule has 0 radical (unpaired) electrons. The van der Waals surface area contributed by atoms with E-state index in [-0.39, 0.29) is 0 Å². The van der Waals surface area contributed by atoms with Crippen molar-refractivity contribution in [1.82, 2.24) is 24.6 Å². The van der Waals surface area contributed by atoms with Crippen LogP contribution in [0.15, 0.2) is 31.0 Å². The Morgan fingerprint density at radius 2 is 2.25 bits per heavy atom. The molecule has 1 unspecified atom stereocenters. The fourth-order valence-electron chi connectivity index (χ4n) is 2.61. The molecule has 2 aromatic rings. The monoisotopic (exact) mass is 272 g/mol. The van der Waals surface area contributed by atoms with Crippen LogP contribution in [0.25, 0.3) is 5.82 Å². The Morgan fingerprint density at radius 1 is 1.30 bits per heavy atom. The van der Waals surface area contributed by atoms with Gasteiger partial charge >= 0.3 is 0 Å². The van der Waals surface area contributed by atoms with E-state index < -0.39 is 0 Å². The van der Waals surface area contributed by atoms with Gasteiger partial charge in [0.25, 0.3) is 0 Å². The number of anilines is 1. The molecule has 2 aromatic heterocycles. The highest BCUT2D eigenvalue weighted by Crippen LogP contribution is 2.20. The van der Waals surface area contributed by atoms with Gasteiger partial charge in [-0.25, -0.2) is 14.6 Å². The number of pyridine rings is 1. The molecule has 0 amide bonds. The average Bonchev–Trinajstić information content (AvgIpc) is 2.91. The zero-order chi connectivity index (χ0) is 13.8. The maximum atomic E-state index is 4.41. The Kier molecular flexibility index (Phi) is 3.92. The summed E-state index contributed by atoms with van der Waals surface area (Å²) in [7, 11) is 2.19. The van der Waals surface area contributed by atoms with Crippen LogP contribution in [-0.2, 0) is 0 Å². The molecule has 0 aliphatic carbocycles. The molecule has 6 nitrogen and oxygen atoms in total. The van der Waals surface area contributed by atoms with Gasteiger partial charge in [-0.3, -0.25) is 0 Å². The van der Waals surface area contributed by atoms with Crippen molar-refractivity contribution in [3.8, 4) is 5.82 Å². The fraction of sp³-hybridized carbons (Fsp3) is 0.500. The van der Waals surface area contributed by atoms with E-state index in [9.17, 15) is 0 Å². The number of hydrogen-bond donors (Lipinski definition) is 1. The van der Waals surface area contributed by atoms with E-state index in [0.717, 1.165) is 24.5 Å². The molecule has 0 spiro atoms. The first-order valence-electron chi connectivity index (χ1n) is 7.08. The molecule has 3 rings (SSSR count). The molecule has 0 saturated carbocycles. The van der Waals surface area contributed by atoms with Gasteiger partial charge in [-0.2, -0.15) is 5.10 Å².